The molecular formula is C10H13NO3. The third-order valence-corrected chi connectivity index (χ3v) is 2.24. The number of hydrogen-bond acceptors (Lipinski definition) is 4. The number of hydrogen-bond donors (Lipinski definition) is 2. The molecule has 14 heavy (non-hydrogen) atoms. The molecule has 1 heterocycles. The molecule has 0 aliphatic carbocycles. The number of nitrogens with one attached hydrogen (secondary N) is 1. The zero-order valence-corrected chi connectivity index (χ0v) is 8.04. The first-order valence-corrected chi connectivity index (χ1v) is 4.58. The molecule has 2 rings (SSSR count). The molecule has 0 aromatic heterocycles. The highest BCUT2D eigenvalue weighted by Gasteiger charge is 2.17. The van der Waals surface area contributed by atoms with Gasteiger partial charge in [-0.3, -0.25) is 0 Å². The zero-order valence-electron chi connectivity index (χ0n) is 8.04. The van der Waals surface area contributed by atoms with Crippen molar-refractivity contribution in [2.45, 2.75) is 13.5 Å². The van der Waals surface area contributed by atoms with Crippen LogP contribution in [0.1, 0.15) is 11.1 Å². The van der Waals surface area contributed by atoms with Crippen LogP contribution < -0.4 is 15.0 Å². The van der Waals surface area contributed by atoms with Gasteiger partial charge in [0.1, 0.15) is 13.2 Å². The molecule has 1 aliphatic heterocycles. The van der Waals surface area contributed by atoms with E-state index in [0.29, 0.717) is 19.8 Å². The first kappa shape index (κ1) is 9.30. The van der Waals surface area contributed by atoms with Gasteiger partial charge >= 0.3 is 0 Å². The Bertz CT molecular complexity index is 338. The second-order valence-corrected chi connectivity index (χ2v) is 3.23. The van der Waals surface area contributed by atoms with Crippen LogP contribution in [0.2, 0.25) is 0 Å². The van der Waals surface area contributed by atoms with Gasteiger partial charge in [0, 0.05) is 12.1 Å². The fourth-order valence-corrected chi connectivity index (χ4v) is 1.55. The Hall–Kier alpha value is -1.26. The number of rotatable bonds is 2. The lowest BCUT2D eigenvalue weighted by Gasteiger charge is -2.22. The standard InChI is InChI=1S/C10H13NO3/c1-7-2-3-8(6-11-12)10-9(7)13-4-5-14-10/h2-3,11-12H,4-6H2,1H3. The topological polar surface area (TPSA) is 50.7 Å². The molecule has 0 amide bonds. The predicted molar refractivity (Wildman–Crippen MR) is 50.8 cm³/mol. The normalized spacial score (nSPS) is 14.1. The maximum atomic E-state index is 8.64. The van der Waals surface area contributed by atoms with E-state index < -0.39 is 0 Å². The average molecular weight is 195 g/mol. The molecule has 4 heteroatoms. The molecule has 2 N–H and O–H groups in total. The Labute approximate surface area is 82.4 Å². The molecule has 0 saturated heterocycles. The van der Waals surface area contributed by atoms with Crippen molar-refractivity contribution in [2.75, 3.05) is 13.2 Å². The third-order valence-electron chi connectivity index (χ3n) is 2.24. The number of aryl methyl sites for hydroxylation is 1. The summed E-state index contributed by atoms with van der Waals surface area (Å²) in [7, 11) is 0. The van der Waals surface area contributed by atoms with Crippen molar-refractivity contribution in [3.8, 4) is 11.5 Å². The summed E-state index contributed by atoms with van der Waals surface area (Å²) in [6, 6.07) is 3.88. The van der Waals surface area contributed by atoms with Gasteiger partial charge in [0.2, 0.25) is 0 Å². The van der Waals surface area contributed by atoms with Gasteiger partial charge in [-0.05, 0) is 12.5 Å². The van der Waals surface area contributed by atoms with Crippen LogP contribution in [0, 0.1) is 6.92 Å². The van der Waals surface area contributed by atoms with E-state index in [-0.39, 0.29) is 0 Å². The lowest BCUT2D eigenvalue weighted by molar-refractivity contribution is 0.150. The van der Waals surface area contributed by atoms with Crippen LogP contribution in [0.15, 0.2) is 12.1 Å². The lowest BCUT2D eigenvalue weighted by atomic mass is 10.1. The first-order chi connectivity index (χ1) is 6.83. The van der Waals surface area contributed by atoms with Crippen molar-refractivity contribution in [2.24, 2.45) is 0 Å². The average Bonchev–Trinajstić information content (AvgIpc) is 2.23. The van der Waals surface area contributed by atoms with Crippen molar-refractivity contribution in [3.05, 3.63) is 23.3 Å². The van der Waals surface area contributed by atoms with E-state index >= 15 is 0 Å². The Morgan fingerprint density at radius 2 is 2.00 bits per heavy atom. The predicted octanol–water partition coefficient (Wildman–Crippen LogP) is 1.25. The number of fused-ring (bicyclic) bond motifs is 1. The summed E-state index contributed by atoms with van der Waals surface area (Å²) in [5.41, 5.74) is 4.08. The second kappa shape index (κ2) is 3.86. The molecule has 0 saturated carbocycles. The summed E-state index contributed by atoms with van der Waals surface area (Å²) in [6.45, 7) is 3.49. The Kier molecular flexibility index (Phi) is 2.56. The Morgan fingerprint density at radius 3 is 2.71 bits per heavy atom. The van der Waals surface area contributed by atoms with Crippen molar-refractivity contribution >= 4 is 0 Å². The highest BCUT2D eigenvalue weighted by Crippen LogP contribution is 2.36. The molecular weight excluding hydrogens is 182 g/mol. The quantitative estimate of drug-likeness (QED) is 0.697. The summed E-state index contributed by atoms with van der Waals surface area (Å²) in [4.78, 5) is 0. The van der Waals surface area contributed by atoms with Gasteiger partial charge in [-0.1, -0.05) is 12.1 Å². The van der Waals surface area contributed by atoms with Gasteiger partial charge in [0.15, 0.2) is 11.5 Å². The monoisotopic (exact) mass is 195 g/mol. The van der Waals surface area contributed by atoms with Gasteiger partial charge in [0.25, 0.3) is 0 Å². The van der Waals surface area contributed by atoms with Gasteiger partial charge in [-0.25, -0.2) is 5.48 Å². The van der Waals surface area contributed by atoms with Crippen molar-refractivity contribution in [3.63, 3.8) is 0 Å². The van der Waals surface area contributed by atoms with E-state index in [2.05, 4.69) is 5.48 Å². The van der Waals surface area contributed by atoms with E-state index in [9.17, 15) is 0 Å². The van der Waals surface area contributed by atoms with Crippen LogP contribution >= 0.6 is 0 Å². The van der Waals surface area contributed by atoms with E-state index in [1.54, 1.807) is 0 Å². The van der Waals surface area contributed by atoms with Crippen molar-refractivity contribution in [1.29, 1.82) is 0 Å². The molecule has 0 fully saturated rings. The Morgan fingerprint density at radius 1 is 1.29 bits per heavy atom. The minimum atomic E-state index is 0.367. The van der Waals surface area contributed by atoms with Gasteiger partial charge in [-0.2, -0.15) is 0 Å². The fourth-order valence-electron chi connectivity index (χ4n) is 1.55. The molecule has 0 radical (unpaired) electrons. The van der Waals surface area contributed by atoms with Crippen molar-refractivity contribution in [1.82, 2.24) is 5.48 Å². The van der Waals surface area contributed by atoms with Crippen LogP contribution in [0.25, 0.3) is 0 Å². The number of ether oxygens (including phenoxy) is 2. The molecule has 1 aliphatic rings. The van der Waals surface area contributed by atoms with E-state index in [1.807, 2.05) is 19.1 Å². The number of hydroxylamine groups is 1. The van der Waals surface area contributed by atoms with E-state index in [4.69, 9.17) is 14.7 Å². The first-order valence-electron chi connectivity index (χ1n) is 4.58. The molecule has 0 unspecified atom stereocenters. The molecule has 1 aromatic rings. The molecule has 0 atom stereocenters. The summed E-state index contributed by atoms with van der Waals surface area (Å²) in [6.07, 6.45) is 0. The van der Waals surface area contributed by atoms with Crippen LogP contribution in [0.4, 0.5) is 0 Å². The van der Waals surface area contributed by atoms with E-state index in [0.717, 1.165) is 22.6 Å². The smallest absolute Gasteiger partial charge is 0.166 e. The Balaban J connectivity index is 2.42. The molecule has 0 spiro atoms. The summed E-state index contributed by atoms with van der Waals surface area (Å²) in [5, 5.41) is 8.64. The largest absolute Gasteiger partial charge is 0.486 e. The summed E-state index contributed by atoms with van der Waals surface area (Å²) >= 11 is 0. The fraction of sp³-hybridized carbons (Fsp3) is 0.400. The molecule has 0 bridgehead atoms. The lowest BCUT2D eigenvalue weighted by Crippen LogP contribution is -2.18. The highest BCUT2D eigenvalue weighted by atomic mass is 16.6. The minimum Gasteiger partial charge on any atom is -0.486 e. The van der Waals surface area contributed by atoms with Gasteiger partial charge in [0.05, 0.1) is 0 Å². The zero-order chi connectivity index (χ0) is 9.97. The summed E-state index contributed by atoms with van der Waals surface area (Å²) in [5.74, 6) is 1.54. The maximum Gasteiger partial charge on any atom is 0.166 e. The van der Waals surface area contributed by atoms with Crippen LogP contribution in [0.5, 0.6) is 11.5 Å². The maximum absolute atomic E-state index is 8.64. The highest BCUT2D eigenvalue weighted by molar-refractivity contribution is 5.52. The van der Waals surface area contributed by atoms with Crippen LogP contribution in [0.3, 0.4) is 0 Å². The third kappa shape index (κ3) is 1.54. The van der Waals surface area contributed by atoms with Crippen molar-refractivity contribution < 1.29 is 14.7 Å². The molecule has 4 nitrogen and oxygen atoms in total. The molecule has 1 aromatic carbocycles. The summed E-state index contributed by atoms with van der Waals surface area (Å²) < 4.78 is 11.0. The molecule has 76 valence electrons. The number of benzene rings is 1. The minimum absolute atomic E-state index is 0.367. The van der Waals surface area contributed by atoms with E-state index in [1.165, 1.54) is 0 Å². The van der Waals surface area contributed by atoms with Gasteiger partial charge < -0.3 is 14.7 Å². The van der Waals surface area contributed by atoms with Crippen LogP contribution in [-0.4, -0.2) is 18.4 Å². The van der Waals surface area contributed by atoms with Crippen LogP contribution in [-0.2, 0) is 6.54 Å². The SMILES string of the molecule is Cc1ccc(CNO)c2c1OCCO2. The van der Waals surface area contributed by atoms with Gasteiger partial charge in [-0.15, -0.1) is 0 Å². The second-order valence-electron chi connectivity index (χ2n) is 3.23.